The first kappa shape index (κ1) is 16.0. The quantitative estimate of drug-likeness (QED) is 0.662. The summed E-state index contributed by atoms with van der Waals surface area (Å²) in [6.07, 6.45) is 1.73. The van der Waals surface area contributed by atoms with Gasteiger partial charge in [-0.15, -0.1) is 0 Å². The zero-order valence-corrected chi connectivity index (χ0v) is 13.6. The minimum absolute atomic E-state index is 0.277. The second-order valence-electron chi connectivity index (χ2n) is 5.00. The number of benzene rings is 1. The number of aromatic nitrogens is 2. The first-order valence-electron chi connectivity index (χ1n) is 7.46. The normalized spacial score (nSPS) is 10.6. The van der Waals surface area contributed by atoms with Gasteiger partial charge in [0.1, 0.15) is 5.75 Å². The molecule has 0 amide bonds. The molecule has 6 nitrogen and oxygen atoms in total. The lowest BCUT2D eigenvalue weighted by molar-refractivity contribution is 0.0991. The molecule has 0 N–H and O–H groups in total. The van der Waals surface area contributed by atoms with Crippen molar-refractivity contribution in [1.82, 2.24) is 9.97 Å². The zero-order chi connectivity index (χ0) is 16.8. The zero-order valence-electron chi connectivity index (χ0n) is 13.6. The topological polar surface area (TPSA) is 66.6 Å². The van der Waals surface area contributed by atoms with Crippen LogP contribution in [0.3, 0.4) is 0 Å². The van der Waals surface area contributed by atoms with E-state index >= 15 is 0 Å². The number of ether oxygens (including phenoxy) is 3. The molecule has 6 heteroatoms. The third-order valence-corrected chi connectivity index (χ3v) is 3.40. The van der Waals surface area contributed by atoms with E-state index in [1.54, 1.807) is 20.4 Å². The van der Waals surface area contributed by atoms with E-state index in [2.05, 4.69) is 9.97 Å². The molecule has 0 saturated carbocycles. The molecule has 1 aromatic carbocycles. The largest absolute Gasteiger partial charge is 0.497 e. The Morgan fingerprint density at radius 1 is 0.958 bits per heavy atom. The molecule has 0 radical (unpaired) electrons. The van der Waals surface area contributed by atoms with Crippen LogP contribution in [-0.2, 0) is 18.0 Å². The monoisotopic (exact) mass is 326 g/mol. The summed E-state index contributed by atoms with van der Waals surface area (Å²) in [7, 11) is 3.17. The van der Waals surface area contributed by atoms with Crippen molar-refractivity contribution in [2.24, 2.45) is 0 Å². The second kappa shape index (κ2) is 7.61. The van der Waals surface area contributed by atoms with Crippen LogP contribution >= 0.6 is 0 Å². The van der Waals surface area contributed by atoms with E-state index in [-0.39, 0.29) is 6.61 Å². The van der Waals surface area contributed by atoms with Crippen LogP contribution in [0.4, 0.5) is 0 Å². The summed E-state index contributed by atoms with van der Waals surface area (Å²) in [5, 5.41) is 0. The smallest absolute Gasteiger partial charge is 0.311 e. The third-order valence-electron chi connectivity index (χ3n) is 3.40. The van der Waals surface area contributed by atoms with Gasteiger partial charge < -0.3 is 18.6 Å². The summed E-state index contributed by atoms with van der Waals surface area (Å²) < 4.78 is 21.7. The van der Waals surface area contributed by atoms with E-state index in [4.69, 9.17) is 18.6 Å². The van der Waals surface area contributed by atoms with Crippen LogP contribution in [-0.4, -0.2) is 24.2 Å². The summed E-state index contributed by atoms with van der Waals surface area (Å²) in [4.78, 5) is 8.67. The predicted molar refractivity (Wildman–Crippen MR) is 87.8 cm³/mol. The molecule has 0 aliphatic heterocycles. The average molecular weight is 326 g/mol. The van der Waals surface area contributed by atoms with E-state index in [1.807, 2.05) is 42.5 Å². The molecule has 3 aromatic rings. The van der Waals surface area contributed by atoms with Crippen molar-refractivity contribution in [3.8, 4) is 23.1 Å². The van der Waals surface area contributed by atoms with Gasteiger partial charge in [-0.25, -0.2) is 4.98 Å². The number of hydrogen-bond donors (Lipinski definition) is 0. The maximum absolute atomic E-state index is 5.66. The van der Waals surface area contributed by atoms with Crippen LogP contribution in [0, 0.1) is 0 Å². The number of nitrogens with zero attached hydrogens (tertiary/aromatic N) is 2. The summed E-state index contributed by atoms with van der Waals surface area (Å²) in [5.74, 6) is 1.60. The number of pyridine rings is 1. The third kappa shape index (κ3) is 3.72. The highest BCUT2D eigenvalue weighted by Gasteiger charge is 2.15. The molecule has 0 spiro atoms. The summed E-state index contributed by atoms with van der Waals surface area (Å²) in [6.45, 7) is 0.675. The van der Waals surface area contributed by atoms with E-state index in [9.17, 15) is 0 Å². The second-order valence-corrected chi connectivity index (χ2v) is 5.00. The van der Waals surface area contributed by atoms with Gasteiger partial charge in [-0.05, 0) is 36.4 Å². The molecule has 0 bridgehead atoms. The van der Waals surface area contributed by atoms with Gasteiger partial charge in [0.15, 0.2) is 5.69 Å². The van der Waals surface area contributed by atoms with Crippen molar-refractivity contribution < 1.29 is 18.6 Å². The Kier molecular flexibility index (Phi) is 5.08. The molecular formula is C18H18N2O4. The van der Waals surface area contributed by atoms with Crippen LogP contribution in [0.2, 0.25) is 0 Å². The lowest BCUT2D eigenvalue weighted by atomic mass is 10.2. The van der Waals surface area contributed by atoms with Crippen LogP contribution in [0.15, 0.2) is 53.1 Å². The maximum atomic E-state index is 5.66. The molecule has 0 atom stereocenters. The molecule has 0 fully saturated rings. The van der Waals surface area contributed by atoms with Crippen LogP contribution in [0.25, 0.3) is 11.5 Å². The molecule has 124 valence electrons. The Morgan fingerprint density at radius 2 is 1.79 bits per heavy atom. The van der Waals surface area contributed by atoms with Crippen molar-refractivity contribution in [3.05, 3.63) is 60.0 Å². The van der Waals surface area contributed by atoms with Gasteiger partial charge in [-0.1, -0.05) is 6.07 Å². The molecule has 24 heavy (non-hydrogen) atoms. The fourth-order valence-electron chi connectivity index (χ4n) is 2.18. The highest BCUT2D eigenvalue weighted by atomic mass is 16.6. The SMILES string of the molecule is COc1ccc(-c2nc(COCc3ccccn3)c(OC)o2)cc1. The Labute approximate surface area is 140 Å². The van der Waals surface area contributed by atoms with Crippen LogP contribution < -0.4 is 9.47 Å². The Balaban J connectivity index is 1.70. The predicted octanol–water partition coefficient (Wildman–Crippen LogP) is 3.47. The lowest BCUT2D eigenvalue weighted by Gasteiger charge is -2.02. The lowest BCUT2D eigenvalue weighted by Crippen LogP contribution is -1.98. The maximum Gasteiger partial charge on any atom is 0.311 e. The Hall–Kier alpha value is -2.86. The fraction of sp³-hybridized carbons (Fsp3) is 0.222. The van der Waals surface area contributed by atoms with Crippen molar-refractivity contribution in [2.45, 2.75) is 13.2 Å². The van der Waals surface area contributed by atoms with Gasteiger partial charge in [0.05, 0.1) is 33.1 Å². The molecule has 2 heterocycles. The van der Waals surface area contributed by atoms with Crippen LogP contribution in [0.5, 0.6) is 11.7 Å². The van der Waals surface area contributed by atoms with E-state index in [1.165, 1.54) is 0 Å². The summed E-state index contributed by atoms with van der Waals surface area (Å²) >= 11 is 0. The number of methoxy groups -OCH3 is 2. The number of rotatable bonds is 7. The van der Waals surface area contributed by atoms with Crippen molar-refractivity contribution in [1.29, 1.82) is 0 Å². The molecule has 0 unspecified atom stereocenters. The van der Waals surface area contributed by atoms with Gasteiger partial charge in [0.2, 0.25) is 5.89 Å². The van der Waals surface area contributed by atoms with Gasteiger partial charge in [0.25, 0.3) is 0 Å². The number of hydrogen-bond acceptors (Lipinski definition) is 6. The van der Waals surface area contributed by atoms with Crippen LogP contribution in [0.1, 0.15) is 11.4 Å². The average Bonchev–Trinajstić information content (AvgIpc) is 3.06. The highest BCUT2D eigenvalue weighted by molar-refractivity contribution is 5.55. The Bertz CT molecular complexity index is 769. The Morgan fingerprint density at radius 3 is 2.46 bits per heavy atom. The van der Waals surface area contributed by atoms with Gasteiger partial charge in [-0.2, -0.15) is 0 Å². The molecule has 2 aromatic heterocycles. The van der Waals surface area contributed by atoms with Gasteiger partial charge in [0, 0.05) is 11.8 Å². The molecule has 0 aliphatic carbocycles. The van der Waals surface area contributed by atoms with Crippen molar-refractivity contribution >= 4 is 0 Å². The highest BCUT2D eigenvalue weighted by Crippen LogP contribution is 2.28. The van der Waals surface area contributed by atoms with E-state index < -0.39 is 0 Å². The van der Waals surface area contributed by atoms with E-state index in [0.717, 1.165) is 17.0 Å². The minimum atomic E-state index is 0.277. The van der Waals surface area contributed by atoms with Crippen molar-refractivity contribution in [2.75, 3.05) is 14.2 Å². The summed E-state index contributed by atoms with van der Waals surface area (Å²) in [6, 6.07) is 13.1. The number of oxazole rings is 1. The van der Waals surface area contributed by atoms with E-state index in [0.29, 0.717) is 24.1 Å². The molecular weight excluding hydrogens is 308 g/mol. The standard InChI is InChI=1S/C18H18N2O4/c1-21-15-8-6-13(7-9-15)17-20-16(18(22-2)24-17)12-23-11-14-5-3-4-10-19-14/h3-10H,11-12H2,1-2H3. The molecule has 0 saturated heterocycles. The molecule has 0 aliphatic rings. The van der Waals surface area contributed by atoms with Crippen molar-refractivity contribution in [3.63, 3.8) is 0 Å². The van der Waals surface area contributed by atoms with Gasteiger partial charge >= 0.3 is 5.95 Å². The minimum Gasteiger partial charge on any atom is -0.497 e. The van der Waals surface area contributed by atoms with Gasteiger partial charge in [-0.3, -0.25) is 4.98 Å². The fourth-order valence-corrected chi connectivity index (χ4v) is 2.18. The first-order chi connectivity index (χ1) is 11.8. The summed E-state index contributed by atoms with van der Waals surface area (Å²) in [5.41, 5.74) is 2.31. The first-order valence-corrected chi connectivity index (χ1v) is 7.46. The molecule has 3 rings (SSSR count).